The van der Waals surface area contributed by atoms with Crippen LogP contribution in [0.2, 0.25) is 0 Å². The molecule has 0 aliphatic carbocycles. The van der Waals surface area contributed by atoms with Gasteiger partial charge in [-0.1, -0.05) is 42.0 Å². The lowest BCUT2D eigenvalue weighted by Gasteiger charge is -2.14. The normalized spacial score (nSPS) is 11.3. The summed E-state index contributed by atoms with van der Waals surface area (Å²) in [6.45, 7) is 2.18. The third-order valence-electron chi connectivity index (χ3n) is 4.79. The van der Waals surface area contributed by atoms with Crippen molar-refractivity contribution in [1.82, 2.24) is 9.97 Å². The predicted octanol–water partition coefficient (Wildman–Crippen LogP) is 4.05. The number of hydrogen-bond acceptors (Lipinski definition) is 6. The van der Waals surface area contributed by atoms with Gasteiger partial charge in [0, 0.05) is 6.54 Å². The summed E-state index contributed by atoms with van der Waals surface area (Å²) < 4.78 is 28.4. The molecule has 0 bridgehead atoms. The van der Waals surface area contributed by atoms with Crippen molar-refractivity contribution in [3.05, 3.63) is 89.5 Å². The molecule has 1 heterocycles. The van der Waals surface area contributed by atoms with Gasteiger partial charge in [0.1, 0.15) is 0 Å². The Balaban J connectivity index is 1.65. The second-order valence-corrected chi connectivity index (χ2v) is 8.87. The Kier molecular flexibility index (Phi) is 5.74. The molecular weight excluding hydrogens is 428 g/mol. The number of carboxylic acids is 1. The highest BCUT2D eigenvalue weighted by Crippen LogP contribution is 2.25. The number of carboxylic acid groups (broad SMARTS) is 1. The van der Waals surface area contributed by atoms with Crippen LogP contribution < -0.4 is 10.0 Å². The fraction of sp³-hybridized carbons (Fsp3) is 0.0870. The molecule has 0 spiro atoms. The van der Waals surface area contributed by atoms with Gasteiger partial charge in [0.05, 0.1) is 21.5 Å². The molecule has 0 amide bonds. The number of nitrogens with one attached hydrogen (secondary N) is 2. The fourth-order valence-corrected chi connectivity index (χ4v) is 4.06. The number of rotatable bonds is 7. The molecule has 32 heavy (non-hydrogen) atoms. The third-order valence-corrected chi connectivity index (χ3v) is 6.15. The van der Waals surface area contributed by atoms with E-state index in [9.17, 15) is 13.2 Å². The van der Waals surface area contributed by atoms with Crippen LogP contribution in [0.3, 0.4) is 0 Å². The SMILES string of the molecule is Cc1ccc(S(=O)(=O)Nc2nc3ccccc3nc2NCc2ccc(C(=O)O)cc2)cc1. The van der Waals surface area contributed by atoms with E-state index in [1.54, 1.807) is 42.5 Å². The van der Waals surface area contributed by atoms with Gasteiger partial charge in [-0.05, 0) is 48.9 Å². The summed E-state index contributed by atoms with van der Waals surface area (Å²) in [5, 5.41) is 12.1. The van der Waals surface area contributed by atoms with Gasteiger partial charge in [-0.2, -0.15) is 0 Å². The van der Waals surface area contributed by atoms with Crippen LogP contribution in [0.5, 0.6) is 0 Å². The van der Waals surface area contributed by atoms with Crippen molar-refractivity contribution in [2.45, 2.75) is 18.4 Å². The van der Waals surface area contributed by atoms with Crippen molar-refractivity contribution in [3.63, 3.8) is 0 Å². The van der Waals surface area contributed by atoms with Crippen molar-refractivity contribution >= 4 is 38.7 Å². The number of para-hydroxylation sites is 2. The molecule has 0 saturated carbocycles. The van der Waals surface area contributed by atoms with E-state index >= 15 is 0 Å². The van der Waals surface area contributed by atoms with Crippen LogP contribution >= 0.6 is 0 Å². The zero-order valence-corrected chi connectivity index (χ0v) is 17.9. The number of aromatic carboxylic acids is 1. The highest BCUT2D eigenvalue weighted by atomic mass is 32.2. The van der Waals surface area contributed by atoms with Crippen LogP contribution in [-0.2, 0) is 16.6 Å². The van der Waals surface area contributed by atoms with Crippen LogP contribution in [0.25, 0.3) is 11.0 Å². The summed E-state index contributed by atoms with van der Waals surface area (Å²) in [7, 11) is -3.88. The highest BCUT2D eigenvalue weighted by Gasteiger charge is 2.19. The maximum Gasteiger partial charge on any atom is 0.335 e. The van der Waals surface area contributed by atoms with Crippen molar-refractivity contribution in [2.24, 2.45) is 0 Å². The van der Waals surface area contributed by atoms with Crippen LogP contribution in [-0.4, -0.2) is 29.5 Å². The molecule has 8 nitrogen and oxygen atoms in total. The first kappa shape index (κ1) is 21.3. The molecule has 0 unspecified atom stereocenters. The Hall–Kier alpha value is -3.98. The van der Waals surface area contributed by atoms with Gasteiger partial charge in [0.2, 0.25) is 0 Å². The number of nitrogens with zero attached hydrogens (tertiary/aromatic N) is 2. The number of anilines is 2. The minimum atomic E-state index is -3.88. The average Bonchev–Trinajstić information content (AvgIpc) is 2.78. The molecule has 4 aromatic rings. The lowest BCUT2D eigenvalue weighted by Crippen LogP contribution is -2.16. The summed E-state index contributed by atoms with van der Waals surface area (Å²) in [4.78, 5) is 20.1. The molecule has 162 valence electrons. The molecule has 3 N–H and O–H groups in total. The van der Waals surface area contributed by atoms with Crippen LogP contribution in [0.4, 0.5) is 11.6 Å². The topological polar surface area (TPSA) is 121 Å². The summed E-state index contributed by atoms with van der Waals surface area (Å²) in [6.07, 6.45) is 0. The molecule has 0 fully saturated rings. The third kappa shape index (κ3) is 4.68. The van der Waals surface area contributed by atoms with E-state index in [-0.39, 0.29) is 22.1 Å². The van der Waals surface area contributed by atoms with Gasteiger partial charge in [-0.15, -0.1) is 0 Å². The first-order valence-electron chi connectivity index (χ1n) is 9.74. The smallest absolute Gasteiger partial charge is 0.335 e. The van der Waals surface area contributed by atoms with E-state index in [0.29, 0.717) is 17.6 Å². The number of fused-ring (bicyclic) bond motifs is 1. The number of sulfonamides is 1. The van der Waals surface area contributed by atoms with Gasteiger partial charge in [-0.3, -0.25) is 4.72 Å². The molecule has 9 heteroatoms. The Morgan fingerprint density at radius 2 is 1.47 bits per heavy atom. The monoisotopic (exact) mass is 448 g/mol. The van der Waals surface area contributed by atoms with E-state index in [1.807, 2.05) is 13.0 Å². The molecule has 0 atom stereocenters. The van der Waals surface area contributed by atoms with Crippen LogP contribution in [0, 0.1) is 6.92 Å². The highest BCUT2D eigenvalue weighted by molar-refractivity contribution is 7.92. The molecular formula is C23H20N4O4S. The fourth-order valence-electron chi connectivity index (χ4n) is 3.05. The van der Waals surface area contributed by atoms with Crippen molar-refractivity contribution in [1.29, 1.82) is 0 Å². The van der Waals surface area contributed by atoms with Crippen molar-refractivity contribution in [2.75, 3.05) is 10.0 Å². The maximum atomic E-state index is 12.9. The van der Waals surface area contributed by atoms with E-state index in [0.717, 1.165) is 11.1 Å². The summed E-state index contributed by atoms with van der Waals surface area (Å²) in [5.41, 5.74) is 3.09. The lowest BCUT2D eigenvalue weighted by atomic mass is 10.1. The number of aryl methyl sites for hydroxylation is 1. The van der Waals surface area contributed by atoms with Gasteiger partial charge < -0.3 is 10.4 Å². The number of carbonyl (C=O) groups is 1. The van der Waals surface area contributed by atoms with E-state index < -0.39 is 16.0 Å². The minimum Gasteiger partial charge on any atom is -0.478 e. The van der Waals surface area contributed by atoms with Gasteiger partial charge in [0.15, 0.2) is 11.6 Å². The van der Waals surface area contributed by atoms with Gasteiger partial charge in [-0.25, -0.2) is 23.2 Å². The van der Waals surface area contributed by atoms with Crippen molar-refractivity contribution in [3.8, 4) is 0 Å². The second kappa shape index (κ2) is 8.64. The summed E-state index contributed by atoms with van der Waals surface area (Å²) in [5.74, 6) is -0.661. The molecule has 3 aromatic carbocycles. The second-order valence-electron chi connectivity index (χ2n) is 7.18. The largest absolute Gasteiger partial charge is 0.478 e. The lowest BCUT2D eigenvalue weighted by molar-refractivity contribution is 0.0697. The summed E-state index contributed by atoms with van der Waals surface area (Å²) in [6, 6.07) is 20.0. The van der Waals surface area contributed by atoms with E-state index in [1.165, 1.54) is 24.3 Å². The Morgan fingerprint density at radius 3 is 2.06 bits per heavy atom. The molecule has 0 radical (unpaired) electrons. The minimum absolute atomic E-state index is 0.0754. The Morgan fingerprint density at radius 1 is 0.875 bits per heavy atom. The molecule has 0 aliphatic heterocycles. The first-order valence-corrected chi connectivity index (χ1v) is 11.2. The predicted molar refractivity (Wildman–Crippen MR) is 122 cm³/mol. The molecule has 0 aliphatic rings. The van der Waals surface area contributed by atoms with Gasteiger partial charge >= 0.3 is 5.97 Å². The van der Waals surface area contributed by atoms with Crippen LogP contribution in [0.1, 0.15) is 21.5 Å². The Labute approximate surface area is 185 Å². The molecule has 0 saturated heterocycles. The number of hydrogen-bond donors (Lipinski definition) is 3. The summed E-state index contributed by atoms with van der Waals surface area (Å²) >= 11 is 0. The average molecular weight is 449 g/mol. The van der Waals surface area contributed by atoms with E-state index in [2.05, 4.69) is 20.0 Å². The zero-order valence-electron chi connectivity index (χ0n) is 17.1. The maximum absolute atomic E-state index is 12.9. The van der Waals surface area contributed by atoms with E-state index in [4.69, 9.17) is 5.11 Å². The standard InChI is InChI=1S/C23H20N4O4S/c1-15-6-12-18(13-7-15)32(30,31)27-22-21(25-19-4-2-3-5-20(19)26-22)24-14-16-8-10-17(11-9-16)23(28)29/h2-13H,14H2,1H3,(H,24,25)(H,26,27)(H,28,29). The quantitative estimate of drug-likeness (QED) is 0.390. The first-order chi connectivity index (χ1) is 15.3. The zero-order chi connectivity index (χ0) is 22.7. The number of aromatic nitrogens is 2. The van der Waals surface area contributed by atoms with Crippen LogP contribution in [0.15, 0.2) is 77.7 Å². The van der Waals surface area contributed by atoms with Crippen molar-refractivity contribution < 1.29 is 18.3 Å². The van der Waals surface area contributed by atoms with Gasteiger partial charge in [0.25, 0.3) is 10.0 Å². The molecule has 1 aromatic heterocycles. The Bertz CT molecular complexity index is 1390. The molecule has 4 rings (SSSR count). The number of benzene rings is 3.